The van der Waals surface area contributed by atoms with E-state index < -0.39 is 5.97 Å². The zero-order valence-electron chi connectivity index (χ0n) is 11.6. The minimum absolute atomic E-state index is 0.0478. The Balaban J connectivity index is 2.07. The van der Waals surface area contributed by atoms with Gasteiger partial charge in [0.05, 0.1) is 12.3 Å². The number of esters is 1. The molecule has 0 saturated heterocycles. The number of nitrogens with zero attached hydrogens (tertiary/aromatic N) is 2. The van der Waals surface area contributed by atoms with Crippen LogP contribution in [0.15, 0.2) is 11.8 Å². The van der Waals surface area contributed by atoms with Crippen LogP contribution in [0.3, 0.4) is 0 Å². The van der Waals surface area contributed by atoms with Gasteiger partial charge < -0.3 is 10.1 Å². The Morgan fingerprint density at radius 1 is 1.70 bits per heavy atom. The molecule has 6 heteroatoms. The molecule has 0 amide bonds. The Labute approximate surface area is 122 Å². The number of rotatable bonds is 4. The molecule has 106 valence electrons. The Hall–Kier alpha value is -1.87. The number of ether oxygens (including phenoxy) is 1. The Bertz CT molecular complexity index is 571. The van der Waals surface area contributed by atoms with Crippen molar-refractivity contribution in [2.24, 2.45) is 5.92 Å². The molecule has 1 aliphatic rings. The van der Waals surface area contributed by atoms with Gasteiger partial charge in [-0.2, -0.15) is 5.26 Å². The van der Waals surface area contributed by atoms with E-state index in [9.17, 15) is 4.79 Å². The summed E-state index contributed by atoms with van der Waals surface area (Å²) in [5.74, 6) is 0.0815. The first-order valence-corrected chi connectivity index (χ1v) is 7.48. The maximum atomic E-state index is 11.5. The van der Waals surface area contributed by atoms with Gasteiger partial charge in [0.15, 0.2) is 10.7 Å². The topological polar surface area (TPSA) is 75.0 Å². The van der Waals surface area contributed by atoms with Crippen molar-refractivity contribution in [1.29, 1.82) is 5.26 Å². The van der Waals surface area contributed by atoms with Gasteiger partial charge in [-0.15, -0.1) is 11.3 Å². The van der Waals surface area contributed by atoms with Crippen LogP contribution in [0.5, 0.6) is 0 Å². The summed E-state index contributed by atoms with van der Waals surface area (Å²) >= 11 is 1.59. The van der Waals surface area contributed by atoms with Crippen molar-refractivity contribution < 1.29 is 9.53 Å². The van der Waals surface area contributed by atoms with E-state index in [1.54, 1.807) is 18.3 Å². The van der Waals surface area contributed by atoms with Crippen molar-refractivity contribution in [2.45, 2.75) is 33.1 Å². The first-order chi connectivity index (χ1) is 9.63. The summed E-state index contributed by atoms with van der Waals surface area (Å²) in [5.41, 5.74) is 1.09. The van der Waals surface area contributed by atoms with Crippen LogP contribution in [0, 0.1) is 17.2 Å². The normalized spacial score (nSPS) is 18.1. The molecule has 5 nitrogen and oxygen atoms in total. The highest BCUT2D eigenvalue weighted by Gasteiger charge is 2.19. The monoisotopic (exact) mass is 291 g/mol. The van der Waals surface area contributed by atoms with Gasteiger partial charge >= 0.3 is 5.97 Å². The predicted octanol–water partition coefficient (Wildman–Crippen LogP) is 2.65. The number of carbonyl (C=O) groups is 1. The Kier molecular flexibility index (Phi) is 4.74. The summed E-state index contributed by atoms with van der Waals surface area (Å²) in [7, 11) is 0. The van der Waals surface area contributed by atoms with E-state index >= 15 is 0 Å². The molecule has 1 aliphatic carbocycles. The van der Waals surface area contributed by atoms with Gasteiger partial charge in [0.1, 0.15) is 6.07 Å². The van der Waals surface area contributed by atoms with Crippen molar-refractivity contribution in [3.05, 3.63) is 22.3 Å². The summed E-state index contributed by atoms with van der Waals surface area (Å²) in [6.07, 6.45) is 4.59. The molecule has 0 unspecified atom stereocenters. The highest BCUT2D eigenvalue weighted by atomic mass is 32.1. The lowest BCUT2D eigenvalue weighted by atomic mass is 9.93. The molecule has 1 aromatic heterocycles. The molecule has 1 aromatic rings. The highest BCUT2D eigenvalue weighted by molar-refractivity contribution is 7.15. The van der Waals surface area contributed by atoms with E-state index in [-0.39, 0.29) is 12.2 Å². The smallest absolute Gasteiger partial charge is 0.350 e. The number of carbonyl (C=O) groups excluding carboxylic acids is 1. The largest absolute Gasteiger partial charge is 0.462 e. The van der Waals surface area contributed by atoms with Crippen LogP contribution in [-0.4, -0.2) is 17.6 Å². The van der Waals surface area contributed by atoms with Gasteiger partial charge in [0.25, 0.3) is 0 Å². The molecule has 20 heavy (non-hydrogen) atoms. The molecule has 1 heterocycles. The summed E-state index contributed by atoms with van der Waals surface area (Å²) in [4.78, 5) is 17.3. The van der Waals surface area contributed by atoms with Crippen molar-refractivity contribution in [1.82, 2.24) is 4.98 Å². The average Bonchev–Trinajstić information content (AvgIpc) is 2.81. The number of hydrogen-bond acceptors (Lipinski definition) is 6. The first kappa shape index (κ1) is 14.5. The number of thiazole rings is 1. The molecule has 0 bridgehead atoms. The average molecular weight is 291 g/mol. The molecule has 0 fully saturated rings. The van der Waals surface area contributed by atoms with Gasteiger partial charge in [-0.1, -0.05) is 6.92 Å². The molecule has 2 rings (SSSR count). The zero-order chi connectivity index (χ0) is 14.5. The maximum Gasteiger partial charge on any atom is 0.350 e. The summed E-state index contributed by atoms with van der Waals surface area (Å²) in [6, 6.07) is 1.83. The summed E-state index contributed by atoms with van der Waals surface area (Å²) in [6.45, 7) is 4.20. The lowest BCUT2D eigenvalue weighted by Crippen LogP contribution is -2.09. The Morgan fingerprint density at radius 3 is 3.20 bits per heavy atom. The van der Waals surface area contributed by atoms with Crippen molar-refractivity contribution >= 4 is 22.4 Å². The molecule has 0 aliphatic heterocycles. The highest BCUT2D eigenvalue weighted by Crippen LogP contribution is 2.32. The van der Waals surface area contributed by atoms with Crippen LogP contribution in [0.2, 0.25) is 0 Å². The van der Waals surface area contributed by atoms with Crippen LogP contribution < -0.4 is 5.32 Å². The number of hydrogen-bond donors (Lipinski definition) is 1. The molecular weight excluding hydrogens is 274 g/mol. The van der Waals surface area contributed by atoms with Gasteiger partial charge in [-0.3, -0.25) is 0 Å². The van der Waals surface area contributed by atoms with Crippen LogP contribution >= 0.6 is 11.3 Å². The number of nitrogens with one attached hydrogen (secondary N) is 1. The molecule has 0 saturated carbocycles. The fourth-order valence-corrected chi connectivity index (χ4v) is 3.22. The standard InChI is InChI=1S/C14H17N3O2S/c1-3-19-13(18)10(7-15)8-16-14-17-11-5-4-9(2)6-12(11)20-14/h8-9H,3-6H2,1-2H3,(H,16,17)/b10-8+/t9-/m0/s1. The predicted molar refractivity (Wildman–Crippen MR) is 77.3 cm³/mol. The number of aryl methyl sites for hydroxylation is 1. The number of anilines is 1. The third-order valence-corrected chi connectivity index (χ3v) is 4.19. The minimum Gasteiger partial charge on any atom is -0.462 e. The van der Waals surface area contributed by atoms with Crippen LogP contribution in [-0.2, 0) is 22.4 Å². The van der Waals surface area contributed by atoms with Crippen LogP contribution in [0.4, 0.5) is 5.13 Å². The van der Waals surface area contributed by atoms with Gasteiger partial charge in [0, 0.05) is 11.1 Å². The van der Waals surface area contributed by atoms with Gasteiger partial charge in [-0.05, 0) is 32.1 Å². The number of nitriles is 1. The lowest BCUT2D eigenvalue weighted by Gasteiger charge is -2.15. The molecule has 0 spiro atoms. The second-order valence-corrected chi connectivity index (χ2v) is 5.86. The van der Waals surface area contributed by atoms with Crippen LogP contribution in [0.1, 0.15) is 30.8 Å². The van der Waals surface area contributed by atoms with E-state index in [0.717, 1.165) is 30.1 Å². The van der Waals surface area contributed by atoms with E-state index in [0.29, 0.717) is 5.92 Å². The van der Waals surface area contributed by atoms with Crippen molar-refractivity contribution in [3.8, 4) is 6.07 Å². The maximum absolute atomic E-state index is 11.5. The number of fused-ring (bicyclic) bond motifs is 1. The van der Waals surface area contributed by atoms with E-state index in [2.05, 4.69) is 17.2 Å². The molecule has 0 aromatic carbocycles. The molecular formula is C14H17N3O2S. The quantitative estimate of drug-likeness (QED) is 0.524. The van der Waals surface area contributed by atoms with Crippen molar-refractivity contribution in [3.63, 3.8) is 0 Å². The van der Waals surface area contributed by atoms with Crippen molar-refractivity contribution in [2.75, 3.05) is 11.9 Å². The second-order valence-electron chi connectivity index (χ2n) is 4.77. The molecule has 1 N–H and O–H groups in total. The summed E-state index contributed by atoms with van der Waals surface area (Å²) < 4.78 is 4.79. The number of aromatic nitrogens is 1. The van der Waals surface area contributed by atoms with E-state index in [1.807, 2.05) is 6.07 Å². The molecule has 1 atom stereocenters. The van der Waals surface area contributed by atoms with E-state index in [4.69, 9.17) is 10.00 Å². The molecule has 0 radical (unpaired) electrons. The van der Waals surface area contributed by atoms with E-state index in [1.165, 1.54) is 11.1 Å². The summed E-state index contributed by atoms with van der Waals surface area (Å²) in [5, 5.41) is 12.6. The zero-order valence-corrected chi connectivity index (χ0v) is 12.4. The second kappa shape index (κ2) is 6.53. The Morgan fingerprint density at radius 2 is 2.50 bits per heavy atom. The lowest BCUT2D eigenvalue weighted by molar-refractivity contribution is -0.138. The van der Waals surface area contributed by atoms with Gasteiger partial charge in [-0.25, -0.2) is 9.78 Å². The SMILES string of the molecule is CCOC(=O)/C(C#N)=C/Nc1nc2c(s1)C[C@@H](C)CC2. The minimum atomic E-state index is -0.613. The fourth-order valence-electron chi connectivity index (χ4n) is 2.08. The first-order valence-electron chi connectivity index (χ1n) is 6.66. The third-order valence-electron chi connectivity index (χ3n) is 3.14. The third kappa shape index (κ3) is 3.36. The van der Waals surface area contributed by atoms with Gasteiger partial charge in [0.2, 0.25) is 0 Å². The van der Waals surface area contributed by atoms with Crippen LogP contribution in [0.25, 0.3) is 0 Å². The fraction of sp³-hybridized carbons (Fsp3) is 0.500.